The molecule has 2 aliphatic carbocycles. The maximum atomic E-state index is 9.88. The molecule has 0 saturated carbocycles. The van der Waals surface area contributed by atoms with Crippen LogP contribution in [-0.4, -0.2) is 0 Å². The number of hydrogen-bond acceptors (Lipinski definition) is 1. The quantitative estimate of drug-likeness (QED) is 0.326. The van der Waals surface area contributed by atoms with Crippen molar-refractivity contribution in [2.24, 2.45) is 0 Å². The lowest BCUT2D eigenvalue weighted by Crippen LogP contribution is -2.25. The van der Waals surface area contributed by atoms with Crippen molar-refractivity contribution >= 4 is 0 Å². The summed E-state index contributed by atoms with van der Waals surface area (Å²) in [5, 5.41) is 9.88. The van der Waals surface area contributed by atoms with E-state index in [4.69, 9.17) is 0 Å². The van der Waals surface area contributed by atoms with Crippen LogP contribution in [0, 0.1) is 11.3 Å². The predicted molar refractivity (Wildman–Crippen MR) is 117 cm³/mol. The highest BCUT2D eigenvalue weighted by Gasteiger charge is 2.52. The van der Waals surface area contributed by atoms with E-state index >= 15 is 0 Å². The first kappa shape index (κ1) is 16.3. The number of nitriles is 1. The summed E-state index contributed by atoms with van der Waals surface area (Å²) >= 11 is 0. The third-order valence-electron chi connectivity index (χ3n) is 6.73. The predicted octanol–water partition coefficient (Wildman–Crippen LogP) is 6.46. The first-order valence-corrected chi connectivity index (χ1v) is 10.2. The molecule has 0 N–H and O–H groups in total. The topological polar surface area (TPSA) is 23.8 Å². The van der Waals surface area contributed by atoms with Crippen molar-refractivity contribution in [2.75, 3.05) is 0 Å². The number of benzene rings is 4. The van der Waals surface area contributed by atoms with E-state index in [1.165, 1.54) is 44.5 Å². The zero-order valence-corrected chi connectivity index (χ0v) is 16.2. The Morgan fingerprint density at radius 3 is 1.86 bits per heavy atom. The fourth-order valence-corrected chi connectivity index (χ4v) is 5.70. The number of hydrogen-bond donors (Lipinski definition) is 0. The van der Waals surface area contributed by atoms with Gasteiger partial charge in [0, 0.05) is 5.56 Å². The van der Waals surface area contributed by atoms with Gasteiger partial charge in [-0.1, -0.05) is 85.8 Å². The Labute approximate surface area is 170 Å². The molecule has 4 aromatic rings. The van der Waals surface area contributed by atoms with Gasteiger partial charge in [0.2, 0.25) is 0 Å². The Hall–Kier alpha value is -3.63. The highest BCUT2D eigenvalue weighted by atomic mass is 14.5. The van der Waals surface area contributed by atoms with Crippen molar-refractivity contribution in [2.45, 2.75) is 18.8 Å². The van der Waals surface area contributed by atoms with E-state index in [1.807, 2.05) is 12.1 Å². The third-order valence-corrected chi connectivity index (χ3v) is 6.73. The summed E-state index contributed by atoms with van der Waals surface area (Å²) in [7, 11) is 0. The normalized spacial score (nSPS) is 17.4. The van der Waals surface area contributed by atoms with E-state index in [-0.39, 0.29) is 5.41 Å². The molecule has 0 fully saturated rings. The van der Waals surface area contributed by atoms with Crippen LogP contribution in [-0.2, 0) is 11.8 Å². The zero-order valence-electron chi connectivity index (χ0n) is 16.2. The first-order chi connectivity index (χ1) is 14.3. The summed E-state index contributed by atoms with van der Waals surface area (Å²) in [4.78, 5) is 0. The Bertz CT molecular complexity index is 1360. The van der Waals surface area contributed by atoms with Crippen molar-refractivity contribution < 1.29 is 0 Å². The average Bonchev–Trinajstić information content (AvgIpc) is 3.26. The summed E-state index contributed by atoms with van der Waals surface area (Å²) in [6, 6.07) is 32.8. The van der Waals surface area contributed by atoms with Crippen molar-refractivity contribution in [1.29, 1.82) is 5.26 Å². The van der Waals surface area contributed by atoms with Crippen LogP contribution >= 0.6 is 0 Å². The fraction of sp³-hybridized carbons (Fsp3) is 0.107. The molecule has 1 spiro atoms. The Balaban J connectivity index is 1.88. The minimum atomic E-state index is -0.351. The first-order valence-electron chi connectivity index (χ1n) is 10.2. The van der Waals surface area contributed by atoms with Crippen LogP contribution in [0.4, 0.5) is 0 Å². The third kappa shape index (κ3) is 1.80. The van der Waals surface area contributed by atoms with Gasteiger partial charge in [0.25, 0.3) is 0 Å². The van der Waals surface area contributed by atoms with Gasteiger partial charge in [-0.3, -0.25) is 0 Å². The van der Waals surface area contributed by atoms with Crippen LogP contribution in [0.15, 0.2) is 84.9 Å². The molecular weight excluding hydrogens is 350 g/mol. The highest BCUT2D eigenvalue weighted by molar-refractivity contribution is 5.97. The number of fused-ring (bicyclic) bond motifs is 10. The van der Waals surface area contributed by atoms with E-state index < -0.39 is 0 Å². The Morgan fingerprint density at radius 1 is 0.655 bits per heavy atom. The van der Waals surface area contributed by atoms with Crippen LogP contribution in [0.2, 0.25) is 0 Å². The van der Waals surface area contributed by atoms with Crippen LogP contribution in [0.3, 0.4) is 0 Å². The maximum absolute atomic E-state index is 9.88. The lowest BCUT2D eigenvalue weighted by atomic mass is 9.70. The highest BCUT2D eigenvalue weighted by Crippen LogP contribution is 2.63. The van der Waals surface area contributed by atoms with E-state index in [2.05, 4.69) is 85.8 Å². The second-order valence-corrected chi connectivity index (χ2v) is 7.87. The van der Waals surface area contributed by atoms with Crippen molar-refractivity contribution in [3.8, 4) is 28.3 Å². The van der Waals surface area contributed by atoms with Crippen molar-refractivity contribution in [3.63, 3.8) is 0 Å². The van der Waals surface area contributed by atoms with E-state index in [0.717, 1.165) is 17.5 Å². The molecule has 136 valence electrons. The minimum absolute atomic E-state index is 0.351. The molecule has 2 aliphatic rings. The van der Waals surface area contributed by atoms with E-state index in [0.29, 0.717) is 0 Å². The molecular formula is C28H19N. The van der Waals surface area contributed by atoms with Gasteiger partial charge >= 0.3 is 0 Å². The monoisotopic (exact) mass is 369 g/mol. The van der Waals surface area contributed by atoms with E-state index in [9.17, 15) is 5.26 Å². The number of rotatable bonds is 1. The zero-order chi connectivity index (χ0) is 19.6. The molecule has 6 rings (SSSR count). The number of aryl methyl sites for hydroxylation is 1. The molecule has 0 amide bonds. The molecule has 0 heterocycles. The Kier molecular flexibility index (Phi) is 3.20. The summed E-state index contributed by atoms with van der Waals surface area (Å²) < 4.78 is 0. The molecule has 1 heteroatoms. The smallest absolute Gasteiger partial charge is 0.0998 e. The second kappa shape index (κ2) is 5.69. The van der Waals surface area contributed by atoms with Crippen molar-refractivity contribution in [3.05, 3.63) is 118 Å². The summed E-state index contributed by atoms with van der Waals surface area (Å²) in [5.41, 5.74) is 12.0. The SMILES string of the molecule is CCc1cccc2c1-c1ccccc1C21c2ccccc2-c2c(C#N)cccc21. The van der Waals surface area contributed by atoms with Gasteiger partial charge < -0.3 is 0 Å². The minimum Gasteiger partial charge on any atom is -0.192 e. The molecule has 1 atom stereocenters. The fourth-order valence-electron chi connectivity index (χ4n) is 5.70. The van der Waals surface area contributed by atoms with Gasteiger partial charge in [0.1, 0.15) is 0 Å². The standard InChI is InChI=1S/C28H19N/c1-2-18-9-7-15-24-26(18)20-11-3-5-13-22(20)28(24)23-14-6-4-12-21(23)27-19(17-29)10-8-16-25(27)28/h3-16H,2H2,1H3. The molecule has 0 radical (unpaired) electrons. The molecule has 0 aromatic heterocycles. The lowest BCUT2D eigenvalue weighted by molar-refractivity contribution is 0.792. The Morgan fingerprint density at radius 2 is 1.21 bits per heavy atom. The van der Waals surface area contributed by atoms with Crippen LogP contribution in [0.1, 0.15) is 40.3 Å². The van der Waals surface area contributed by atoms with Crippen molar-refractivity contribution in [1.82, 2.24) is 0 Å². The molecule has 0 aliphatic heterocycles. The van der Waals surface area contributed by atoms with Gasteiger partial charge in [-0.2, -0.15) is 5.26 Å². The molecule has 0 saturated heterocycles. The molecule has 4 aromatic carbocycles. The summed E-state index contributed by atoms with van der Waals surface area (Å²) in [5.74, 6) is 0. The summed E-state index contributed by atoms with van der Waals surface area (Å²) in [6.07, 6.45) is 1.00. The van der Waals surface area contributed by atoms with Gasteiger partial charge in [0.05, 0.1) is 17.0 Å². The van der Waals surface area contributed by atoms with Crippen LogP contribution in [0.25, 0.3) is 22.3 Å². The molecule has 1 nitrogen and oxygen atoms in total. The largest absolute Gasteiger partial charge is 0.192 e. The average molecular weight is 369 g/mol. The summed E-state index contributed by atoms with van der Waals surface area (Å²) in [6.45, 7) is 2.23. The lowest BCUT2D eigenvalue weighted by Gasteiger charge is -2.30. The van der Waals surface area contributed by atoms with Gasteiger partial charge in [0.15, 0.2) is 0 Å². The number of nitrogens with zero attached hydrogens (tertiary/aromatic N) is 1. The van der Waals surface area contributed by atoms with Gasteiger partial charge in [-0.15, -0.1) is 0 Å². The molecule has 0 bridgehead atoms. The van der Waals surface area contributed by atoms with Crippen LogP contribution in [0.5, 0.6) is 0 Å². The van der Waals surface area contributed by atoms with Gasteiger partial charge in [-0.25, -0.2) is 0 Å². The van der Waals surface area contributed by atoms with E-state index in [1.54, 1.807) is 0 Å². The maximum Gasteiger partial charge on any atom is 0.0998 e. The molecule has 1 unspecified atom stereocenters. The second-order valence-electron chi connectivity index (χ2n) is 7.87. The van der Waals surface area contributed by atoms with Crippen LogP contribution < -0.4 is 0 Å². The van der Waals surface area contributed by atoms with Gasteiger partial charge in [-0.05, 0) is 57.0 Å². The molecule has 29 heavy (non-hydrogen) atoms.